The normalized spacial score (nSPS) is 21.4. The summed E-state index contributed by atoms with van der Waals surface area (Å²) in [5, 5.41) is 0. The summed E-state index contributed by atoms with van der Waals surface area (Å²) in [5.41, 5.74) is 0. The molecule has 0 saturated carbocycles. The minimum absolute atomic E-state index is 0.0135. The monoisotopic (exact) mass is 377 g/mol. The fraction of sp³-hybridized carbons (Fsp3) is 0.750. The third kappa shape index (κ3) is 5.62. The van der Waals surface area contributed by atoms with Gasteiger partial charge in [0.05, 0.1) is 13.0 Å². The lowest BCUT2D eigenvalue weighted by Gasteiger charge is -2.32. The highest BCUT2D eigenvalue weighted by Crippen LogP contribution is 2.27. The molecule has 3 rings (SSSR count). The Morgan fingerprint density at radius 1 is 1.26 bits per heavy atom. The number of amides is 1. The van der Waals surface area contributed by atoms with Crippen molar-refractivity contribution in [1.29, 1.82) is 0 Å². The number of carbonyl (C=O) groups is 2. The molecule has 7 nitrogen and oxygen atoms in total. The number of likely N-dealkylation sites (tertiary alicyclic amines) is 1. The number of hydrogen-bond donors (Lipinski definition) is 0. The van der Waals surface area contributed by atoms with Gasteiger partial charge in [0, 0.05) is 51.0 Å². The highest BCUT2D eigenvalue weighted by atomic mass is 16.7. The molecule has 2 saturated heterocycles. The molecule has 1 atom stereocenters. The summed E-state index contributed by atoms with van der Waals surface area (Å²) in [6.45, 7) is 5.36. The Labute approximate surface area is 161 Å². The van der Waals surface area contributed by atoms with Gasteiger partial charge in [-0.1, -0.05) is 6.92 Å². The van der Waals surface area contributed by atoms with E-state index in [9.17, 15) is 9.59 Å². The number of imidazole rings is 1. The first-order chi connectivity index (χ1) is 13.2. The molecule has 3 heterocycles. The quantitative estimate of drug-likeness (QED) is 0.651. The maximum Gasteiger partial charge on any atom is 0.230 e. The highest BCUT2D eigenvalue weighted by Gasteiger charge is 2.27. The van der Waals surface area contributed by atoms with Crippen molar-refractivity contribution < 1.29 is 19.1 Å². The number of piperidine rings is 1. The van der Waals surface area contributed by atoms with Crippen LogP contribution in [0.15, 0.2) is 12.4 Å². The standard InChI is InChI=1S/C20H31N3O4/c1-2-17(24)15-18(25)22-9-6-16(7-10-22)20-21-8-11-23(20)12-14-27-19-5-3-4-13-26-19/h8,11,16,19H,2-7,9-10,12-15H2,1H3. The highest BCUT2D eigenvalue weighted by molar-refractivity contribution is 5.97. The molecule has 1 aromatic rings. The average Bonchev–Trinajstić information content (AvgIpc) is 3.17. The SMILES string of the molecule is CCC(=O)CC(=O)N1CCC(c2nccn2CCOC2CCCCO2)CC1. The van der Waals surface area contributed by atoms with Crippen LogP contribution in [0.1, 0.15) is 63.6 Å². The number of ether oxygens (including phenoxy) is 2. The number of rotatable bonds is 8. The van der Waals surface area contributed by atoms with E-state index in [2.05, 4.69) is 9.55 Å². The summed E-state index contributed by atoms with van der Waals surface area (Å²) in [5.74, 6) is 1.39. The predicted octanol–water partition coefficient (Wildman–Crippen LogP) is 2.50. The summed E-state index contributed by atoms with van der Waals surface area (Å²) in [4.78, 5) is 30.0. The van der Waals surface area contributed by atoms with E-state index in [0.717, 1.165) is 44.7 Å². The lowest BCUT2D eigenvalue weighted by Crippen LogP contribution is -2.39. The molecule has 0 bridgehead atoms. The molecule has 0 N–H and O–H groups in total. The molecule has 0 spiro atoms. The molecule has 1 aromatic heterocycles. The van der Waals surface area contributed by atoms with Crippen LogP contribution in [0.3, 0.4) is 0 Å². The first kappa shape index (κ1) is 20.0. The van der Waals surface area contributed by atoms with Crippen LogP contribution < -0.4 is 0 Å². The van der Waals surface area contributed by atoms with Crippen molar-refractivity contribution in [2.24, 2.45) is 0 Å². The minimum Gasteiger partial charge on any atom is -0.353 e. The third-order valence-electron chi connectivity index (χ3n) is 5.48. The van der Waals surface area contributed by atoms with Gasteiger partial charge >= 0.3 is 0 Å². The maximum atomic E-state index is 12.2. The number of Topliss-reactive ketones (excluding diaryl/α,β-unsaturated/α-hetero) is 1. The Kier molecular flexibility index (Phi) is 7.41. The summed E-state index contributed by atoms with van der Waals surface area (Å²) < 4.78 is 13.6. The van der Waals surface area contributed by atoms with Gasteiger partial charge in [0.15, 0.2) is 6.29 Å². The van der Waals surface area contributed by atoms with Gasteiger partial charge in [0.2, 0.25) is 5.91 Å². The van der Waals surface area contributed by atoms with Gasteiger partial charge in [0.1, 0.15) is 11.6 Å². The lowest BCUT2D eigenvalue weighted by atomic mass is 9.95. The topological polar surface area (TPSA) is 73.7 Å². The van der Waals surface area contributed by atoms with E-state index in [1.54, 1.807) is 6.92 Å². The molecule has 27 heavy (non-hydrogen) atoms. The first-order valence-electron chi connectivity index (χ1n) is 10.2. The van der Waals surface area contributed by atoms with E-state index in [1.807, 2.05) is 17.3 Å². The second kappa shape index (κ2) is 9.99. The summed E-state index contributed by atoms with van der Waals surface area (Å²) in [7, 11) is 0. The zero-order valence-corrected chi connectivity index (χ0v) is 16.3. The molecule has 1 amide bonds. The maximum absolute atomic E-state index is 12.2. The molecule has 0 radical (unpaired) electrons. The van der Waals surface area contributed by atoms with Crippen LogP contribution >= 0.6 is 0 Å². The summed E-state index contributed by atoms with van der Waals surface area (Å²) >= 11 is 0. The van der Waals surface area contributed by atoms with Crippen molar-refractivity contribution in [1.82, 2.24) is 14.5 Å². The molecular formula is C20H31N3O4. The number of carbonyl (C=O) groups excluding carboxylic acids is 2. The Bertz CT molecular complexity index is 616. The van der Waals surface area contributed by atoms with Crippen LogP contribution in [0.2, 0.25) is 0 Å². The van der Waals surface area contributed by atoms with Crippen LogP contribution in [0, 0.1) is 0 Å². The molecule has 2 fully saturated rings. The van der Waals surface area contributed by atoms with Gasteiger partial charge in [-0.3, -0.25) is 9.59 Å². The van der Waals surface area contributed by atoms with Gasteiger partial charge in [0.25, 0.3) is 0 Å². The number of nitrogens with zero attached hydrogens (tertiary/aromatic N) is 3. The molecule has 2 aliphatic rings. The van der Waals surface area contributed by atoms with E-state index >= 15 is 0 Å². The van der Waals surface area contributed by atoms with Crippen molar-refractivity contribution >= 4 is 11.7 Å². The van der Waals surface area contributed by atoms with Crippen LogP contribution in [-0.2, 0) is 25.6 Å². The Balaban J connectivity index is 1.45. The molecule has 1 unspecified atom stereocenters. The second-order valence-corrected chi connectivity index (χ2v) is 7.37. The first-order valence-corrected chi connectivity index (χ1v) is 10.2. The van der Waals surface area contributed by atoms with Crippen LogP contribution in [-0.4, -0.2) is 58.7 Å². The van der Waals surface area contributed by atoms with Crippen molar-refractivity contribution in [2.75, 3.05) is 26.3 Å². The van der Waals surface area contributed by atoms with E-state index in [0.29, 0.717) is 32.0 Å². The molecule has 7 heteroatoms. The zero-order valence-electron chi connectivity index (χ0n) is 16.3. The molecular weight excluding hydrogens is 346 g/mol. The van der Waals surface area contributed by atoms with Crippen LogP contribution in [0.5, 0.6) is 0 Å². The van der Waals surface area contributed by atoms with Gasteiger partial charge in [-0.25, -0.2) is 4.98 Å². The summed E-state index contributed by atoms with van der Waals surface area (Å²) in [6.07, 6.45) is 9.27. The van der Waals surface area contributed by atoms with Crippen LogP contribution in [0.4, 0.5) is 0 Å². The molecule has 2 aliphatic heterocycles. The van der Waals surface area contributed by atoms with Crippen LogP contribution in [0.25, 0.3) is 0 Å². The Morgan fingerprint density at radius 2 is 2.07 bits per heavy atom. The van der Waals surface area contributed by atoms with Gasteiger partial charge in [-0.15, -0.1) is 0 Å². The van der Waals surface area contributed by atoms with Crippen molar-refractivity contribution in [3.8, 4) is 0 Å². The zero-order chi connectivity index (χ0) is 19.1. The molecule has 0 aromatic carbocycles. The lowest BCUT2D eigenvalue weighted by molar-refractivity contribution is -0.163. The fourth-order valence-corrected chi connectivity index (χ4v) is 3.79. The Morgan fingerprint density at radius 3 is 2.78 bits per heavy atom. The van der Waals surface area contributed by atoms with Gasteiger partial charge in [-0.2, -0.15) is 0 Å². The van der Waals surface area contributed by atoms with E-state index in [1.165, 1.54) is 6.42 Å². The second-order valence-electron chi connectivity index (χ2n) is 7.37. The van der Waals surface area contributed by atoms with E-state index < -0.39 is 0 Å². The number of hydrogen-bond acceptors (Lipinski definition) is 5. The smallest absolute Gasteiger partial charge is 0.230 e. The van der Waals surface area contributed by atoms with Crippen molar-refractivity contribution in [2.45, 2.75) is 70.6 Å². The van der Waals surface area contributed by atoms with E-state index in [4.69, 9.17) is 9.47 Å². The average molecular weight is 377 g/mol. The largest absolute Gasteiger partial charge is 0.353 e. The Hall–Kier alpha value is -1.73. The predicted molar refractivity (Wildman–Crippen MR) is 100 cm³/mol. The molecule has 150 valence electrons. The number of ketones is 1. The third-order valence-corrected chi connectivity index (χ3v) is 5.48. The fourth-order valence-electron chi connectivity index (χ4n) is 3.79. The van der Waals surface area contributed by atoms with Gasteiger partial charge < -0.3 is 18.9 Å². The van der Waals surface area contributed by atoms with Crippen molar-refractivity contribution in [3.63, 3.8) is 0 Å². The molecule has 0 aliphatic carbocycles. The number of aromatic nitrogens is 2. The minimum atomic E-state index is -0.0641. The van der Waals surface area contributed by atoms with E-state index in [-0.39, 0.29) is 24.4 Å². The van der Waals surface area contributed by atoms with Gasteiger partial charge in [-0.05, 0) is 32.1 Å². The van der Waals surface area contributed by atoms with Crippen molar-refractivity contribution in [3.05, 3.63) is 18.2 Å². The summed E-state index contributed by atoms with van der Waals surface area (Å²) in [6, 6.07) is 0.